The summed E-state index contributed by atoms with van der Waals surface area (Å²) in [6.45, 7) is 3.58. The summed E-state index contributed by atoms with van der Waals surface area (Å²) in [5.74, 6) is 6.05. The van der Waals surface area contributed by atoms with Crippen molar-refractivity contribution >= 4 is 5.82 Å². The second kappa shape index (κ2) is 5.62. The van der Waals surface area contributed by atoms with Crippen LogP contribution in [0.2, 0.25) is 0 Å². The Kier molecular flexibility index (Phi) is 3.91. The van der Waals surface area contributed by atoms with Crippen LogP contribution in [0, 0.1) is 19.7 Å². The highest BCUT2D eigenvalue weighted by Crippen LogP contribution is 2.20. The maximum Gasteiger partial charge on any atom is 0.168 e. The second-order valence-electron chi connectivity index (χ2n) is 4.13. The molecule has 0 saturated heterocycles. The van der Waals surface area contributed by atoms with Gasteiger partial charge in [-0.2, -0.15) is 0 Å². The fourth-order valence-corrected chi connectivity index (χ4v) is 1.64. The summed E-state index contributed by atoms with van der Waals surface area (Å²) in [5, 5.41) is 0. The lowest BCUT2D eigenvalue weighted by molar-refractivity contribution is 0.280. The number of nitrogens with two attached hydrogens (primary N) is 1. The van der Waals surface area contributed by atoms with Gasteiger partial charge >= 0.3 is 0 Å². The number of aromatic nitrogens is 2. The molecule has 6 heteroatoms. The smallest absolute Gasteiger partial charge is 0.168 e. The number of ether oxygens (including phenoxy) is 1. The molecule has 2 rings (SSSR count). The van der Waals surface area contributed by atoms with Gasteiger partial charge in [-0.25, -0.2) is 20.2 Å². The Morgan fingerprint density at radius 3 is 2.84 bits per heavy atom. The quantitative estimate of drug-likeness (QED) is 0.652. The van der Waals surface area contributed by atoms with E-state index in [-0.39, 0.29) is 18.2 Å². The molecule has 0 atom stereocenters. The van der Waals surface area contributed by atoms with E-state index in [0.717, 1.165) is 5.69 Å². The molecular formula is C13H15FN4O. The zero-order chi connectivity index (χ0) is 13.8. The second-order valence-corrected chi connectivity index (χ2v) is 4.13. The zero-order valence-corrected chi connectivity index (χ0v) is 10.8. The number of anilines is 1. The summed E-state index contributed by atoms with van der Waals surface area (Å²) in [6.07, 6.45) is 0. The van der Waals surface area contributed by atoms with Crippen molar-refractivity contribution in [3.63, 3.8) is 0 Å². The summed E-state index contributed by atoms with van der Waals surface area (Å²) < 4.78 is 19.1. The molecule has 3 N–H and O–H groups in total. The minimum absolute atomic E-state index is 0.0801. The summed E-state index contributed by atoms with van der Waals surface area (Å²) in [4.78, 5) is 8.32. The molecular weight excluding hydrogens is 247 g/mol. The molecule has 1 heterocycles. The SMILES string of the molecule is Cc1cc(NN)nc(COc2cccc(C)c2F)n1. The fourth-order valence-electron chi connectivity index (χ4n) is 1.64. The van der Waals surface area contributed by atoms with Gasteiger partial charge in [-0.05, 0) is 25.5 Å². The van der Waals surface area contributed by atoms with Crippen molar-refractivity contribution in [3.8, 4) is 5.75 Å². The standard InChI is InChI=1S/C13H15FN4O/c1-8-4-3-5-10(13(8)14)19-7-12-16-9(2)6-11(17-12)18-15/h3-6H,7,15H2,1-2H3,(H,16,17,18). The highest BCUT2D eigenvalue weighted by atomic mass is 19.1. The number of nitrogens with zero attached hydrogens (tertiary/aromatic N) is 2. The van der Waals surface area contributed by atoms with Crippen LogP contribution < -0.4 is 16.0 Å². The normalized spacial score (nSPS) is 10.3. The molecule has 0 fully saturated rings. The van der Waals surface area contributed by atoms with Crippen LogP contribution >= 0.6 is 0 Å². The molecule has 2 aromatic rings. The van der Waals surface area contributed by atoms with Gasteiger partial charge in [0.2, 0.25) is 0 Å². The predicted molar refractivity (Wildman–Crippen MR) is 70.0 cm³/mol. The Labute approximate surface area is 110 Å². The Morgan fingerprint density at radius 2 is 2.11 bits per heavy atom. The van der Waals surface area contributed by atoms with Crippen LogP contribution in [0.5, 0.6) is 5.75 Å². The maximum atomic E-state index is 13.7. The molecule has 0 radical (unpaired) electrons. The largest absolute Gasteiger partial charge is 0.483 e. The number of aryl methyl sites for hydroxylation is 2. The Balaban J connectivity index is 2.14. The van der Waals surface area contributed by atoms with Crippen LogP contribution in [0.25, 0.3) is 0 Å². The number of halogens is 1. The van der Waals surface area contributed by atoms with E-state index in [1.807, 2.05) is 6.92 Å². The highest BCUT2D eigenvalue weighted by molar-refractivity contribution is 5.34. The van der Waals surface area contributed by atoms with Crippen LogP contribution in [-0.2, 0) is 6.61 Å². The van der Waals surface area contributed by atoms with E-state index in [1.54, 1.807) is 31.2 Å². The predicted octanol–water partition coefficient (Wildman–Crippen LogP) is 2.10. The van der Waals surface area contributed by atoms with Crippen molar-refractivity contribution in [2.45, 2.75) is 20.5 Å². The lowest BCUT2D eigenvalue weighted by Crippen LogP contribution is -2.12. The number of nitrogen functional groups attached to an aromatic ring is 1. The maximum absolute atomic E-state index is 13.7. The minimum atomic E-state index is -0.368. The molecule has 5 nitrogen and oxygen atoms in total. The van der Waals surface area contributed by atoms with E-state index < -0.39 is 0 Å². The Hall–Kier alpha value is -2.21. The number of nitrogens with one attached hydrogen (secondary N) is 1. The van der Waals surface area contributed by atoms with Gasteiger partial charge in [0.25, 0.3) is 0 Å². The molecule has 0 amide bonds. The van der Waals surface area contributed by atoms with E-state index in [2.05, 4.69) is 15.4 Å². The number of rotatable bonds is 4. The first-order valence-electron chi connectivity index (χ1n) is 5.79. The lowest BCUT2D eigenvalue weighted by Gasteiger charge is -2.09. The molecule has 0 bridgehead atoms. The molecule has 0 aliphatic rings. The average Bonchev–Trinajstić information content (AvgIpc) is 2.40. The summed E-state index contributed by atoms with van der Waals surface area (Å²) in [6, 6.07) is 6.69. The molecule has 0 saturated carbocycles. The first-order chi connectivity index (χ1) is 9.10. The van der Waals surface area contributed by atoms with Crippen LogP contribution in [0.4, 0.5) is 10.2 Å². The van der Waals surface area contributed by atoms with E-state index in [1.165, 1.54) is 0 Å². The number of hydrazine groups is 1. The third-order valence-electron chi connectivity index (χ3n) is 2.56. The first kappa shape index (κ1) is 13.2. The Morgan fingerprint density at radius 1 is 1.32 bits per heavy atom. The fraction of sp³-hybridized carbons (Fsp3) is 0.231. The van der Waals surface area contributed by atoms with Crippen LogP contribution in [0.3, 0.4) is 0 Å². The van der Waals surface area contributed by atoms with Crippen LogP contribution in [0.15, 0.2) is 24.3 Å². The molecule has 1 aromatic heterocycles. The summed E-state index contributed by atoms with van der Waals surface area (Å²) in [7, 11) is 0. The number of benzene rings is 1. The van der Waals surface area contributed by atoms with E-state index in [9.17, 15) is 4.39 Å². The van der Waals surface area contributed by atoms with Gasteiger partial charge in [0.05, 0.1) is 0 Å². The third-order valence-corrected chi connectivity index (χ3v) is 2.56. The molecule has 0 aliphatic heterocycles. The summed E-state index contributed by atoms with van der Waals surface area (Å²) in [5.41, 5.74) is 3.74. The van der Waals surface area contributed by atoms with Crippen molar-refractivity contribution in [1.82, 2.24) is 9.97 Å². The van der Waals surface area contributed by atoms with Crippen molar-refractivity contribution in [3.05, 3.63) is 47.2 Å². The van der Waals surface area contributed by atoms with Gasteiger partial charge in [0.1, 0.15) is 12.4 Å². The van der Waals surface area contributed by atoms with Gasteiger partial charge in [-0.1, -0.05) is 12.1 Å². The van der Waals surface area contributed by atoms with Crippen molar-refractivity contribution in [2.24, 2.45) is 5.84 Å². The molecule has 0 aliphatic carbocycles. The van der Waals surface area contributed by atoms with Crippen LogP contribution in [0.1, 0.15) is 17.1 Å². The van der Waals surface area contributed by atoms with Gasteiger partial charge in [-0.3, -0.25) is 0 Å². The molecule has 100 valence electrons. The molecule has 1 aromatic carbocycles. The first-order valence-corrected chi connectivity index (χ1v) is 5.79. The Bertz CT molecular complexity index is 589. The van der Waals surface area contributed by atoms with Crippen molar-refractivity contribution < 1.29 is 9.13 Å². The van der Waals surface area contributed by atoms with Gasteiger partial charge in [-0.15, -0.1) is 0 Å². The number of hydrogen-bond acceptors (Lipinski definition) is 5. The third kappa shape index (κ3) is 3.17. The molecule has 0 unspecified atom stereocenters. The van der Waals surface area contributed by atoms with E-state index in [4.69, 9.17) is 10.6 Å². The number of hydrogen-bond donors (Lipinski definition) is 2. The van der Waals surface area contributed by atoms with Crippen LogP contribution in [-0.4, -0.2) is 9.97 Å². The van der Waals surface area contributed by atoms with Gasteiger partial charge in [0.15, 0.2) is 17.4 Å². The van der Waals surface area contributed by atoms with Crippen molar-refractivity contribution in [2.75, 3.05) is 5.43 Å². The van der Waals surface area contributed by atoms with Gasteiger partial charge in [0, 0.05) is 11.8 Å². The summed E-state index contributed by atoms with van der Waals surface area (Å²) >= 11 is 0. The zero-order valence-electron chi connectivity index (χ0n) is 10.8. The average molecular weight is 262 g/mol. The molecule has 0 spiro atoms. The van der Waals surface area contributed by atoms with E-state index in [0.29, 0.717) is 17.2 Å². The van der Waals surface area contributed by atoms with Gasteiger partial charge < -0.3 is 10.2 Å². The van der Waals surface area contributed by atoms with Crippen molar-refractivity contribution in [1.29, 1.82) is 0 Å². The molecule has 19 heavy (non-hydrogen) atoms. The highest BCUT2D eigenvalue weighted by Gasteiger charge is 2.08. The lowest BCUT2D eigenvalue weighted by atomic mass is 10.2. The minimum Gasteiger partial charge on any atom is -0.483 e. The van der Waals surface area contributed by atoms with E-state index >= 15 is 0 Å². The monoisotopic (exact) mass is 262 g/mol. The topological polar surface area (TPSA) is 73.1 Å².